The second kappa shape index (κ2) is 22.3. The van der Waals surface area contributed by atoms with E-state index in [-0.39, 0.29) is 90.2 Å². The van der Waals surface area contributed by atoms with Crippen molar-refractivity contribution in [1.29, 1.82) is 0 Å². The van der Waals surface area contributed by atoms with Crippen molar-refractivity contribution in [3.8, 4) is 11.8 Å². The van der Waals surface area contributed by atoms with Crippen molar-refractivity contribution >= 4 is 23.7 Å². The van der Waals surface area contributed by atoms with Crippen LogP contribution in [0, 0.1) is 5.41 Å². The Labute approximate surface area is 323 Å². The van der Waals surface area contributed by atoms with E-state index in [0.29, 0.717) is 17.6 Å². The van der Waals surface area contributed by atoms with Crippen molar-refractivity contribution in [3.63, 3.8) is 0 Å². The zero-order chi connectivity index (χ0) is 41.6. The van der Waals surface area contributed by atoms with E-state index in [2.05, 4.69) is 10.6 Å². The standard InChI is InChI=1S/C35H58N4O17/c1-3-21(40)29(48)31(50)33(52)53-16-12-36-22(41)18-35(19-23(42)37-13-17-54-34-32(51)30(49)28(47)20(2)55-34)10-14-38(15-11-35)24(43)6-4-5-7-27(46)56-39-25(44)8-9-26(39)45/h8-9,20-21,28-34,40,44-45,47-52H,3-7,10-19H2,1-2H3,(H,36,41)(H,37,42). The summed E-state index contributed by atoms with van der Waals surface area (Å²) in [6.07, 6.45) is -11.7. The highest BCUT2D eigenvalue weighted by molar-refractivity contribution is 5.81. The van der Waals surface area contributed by atoms with Crippen LogP contribution < -0.4 is 15.5 Å². The summed E-state index contributed by atoms with van der Waals surface area (Å²) in [6.45, 7) is 3.08. The zero-order valence-electron chi connectivity index (χ0n) is 31.6. The number of aliphatic hydroxyl groups is 7. The number of likely N-dealkylation sites (tertiary alicyclic amines) is 1. The molecule has 9 atom stereocenters. The number of nitrogens with one attached hydrogen (secondary N) is 2. The van der Waals surface area contributed by atoms with Crippen LogP contribution in [0.4, 0.5) is 0 Å². The lowest BCUT2D eigenvalue weighted by Gasteiger charge is -2.41. The van der Waals surface area contributed by atoms with E-state index in [1.165, 1.54) is 6.92 Å². The number of amides is 3. The molecule has 9 unspecified atom stereocenters. The molecular formula is C35H58N4O17. The number of aliphatic hydroxyl groups excluding tert-OH is 7. The number of hydrogen-bond donors (Lipinski definition) is 11. The van der Waals surface area contributed by atoms with Crippen LogP contribution in [0.25, 0.3) is 0 Å². The summed E-state index contributed by atoms with van der Waals surface area (Å²) in [7, 11) is 0. The molecule has 21 heteroatoms. The minimum Gasteiger partial charge on any atom is -0.492 e. The largest absolute Gasteiger partial charge is 0.492 e. The number of rotatable bonds is 22. The van der Waals surface area contributed by atoms with Crippen LogP contribution in [0.5, 0.6) is 11.8 Å². The molecule has 2 aliphatic heterocycles. The Morgan fingerprint density at radius 1 is 0.857 bits per heavy atom. The fraction of sp³-hybridized carbons (Fsp3) is 0.771. The van der Waals surface area contributed by atoms with Gasteiger partial charge in [-0.15, -0.1) is 4.73 Å². The lowest BCUT2D eigenvalue weighted by Crippen LogP contribution is -2.57. The summed E-state index contributed by atoms with van der Waals surface area (Å²) >= 11 is 0. The first kappa shape index (κ1) is 46.7. The molecule has 2 aliphatic rings. The molecule has 320 valence electrons. The minimum absolute atomic E-state index is 0.0118. The van der Waals surface area contributed by atoms with Crippen LogP contribution in [-0.4, -0.2) is 174 Å². The van der Waals surface area contributed by atoms with E-state index in [1.807, 2.05) is 0 Å². The normalized spacial score (nSPS) is 24.4. The van der Waals surface area contributed by atoms with Gasteiger partial charge in [0.15, 0.2) is 12.6 Å². The third kappa shape index (κ3) is 13.8. The molecule has 0 spiro atoms. The fourth-order valence-corrected chi connectivity index (χ4v) is 6.42. The molecule has 1 aromatic rings. The molecule has 2 saturated heterocycles. The highest BCUT2D eigenvalue weighted by atomic mass is 16.7. The third-order valence-corrected chi connectivity index (χ3v) is 9.94. The first-order chi connectivity index (χ1) is 26.5. The molecule has 56 heavy (non-hydrogen) atoms. The Morgan fingerprint density at radius 3 is 2.02 bits per heavy atom. The van der Waals surface area contributed by atoms with Crippen molar-refractivity contribution < 1.29 is 84.2 Å². The average Bonchev–Trinajstić information content (AvgIpc) is 3.48. The number of carbonyl (C=O) groups is 4. The monoisotopic (exact) mass is 806 g/mol. The van der Waals surface area contributed by atoms with Crippen LogP contribution in [0.3, 0.4) is 0 Å². The number of unbranched alkanes of at least 4 members (excludes halogenated alkanes) is 1. The molecule has 21 nitrogen and oxygen atoms in total. The first-order valence-electron chi connectivity index (χ1n) is 18.8. The van der Waals surface area contributed by atoms with Crippen molar-refractivity contribution in [3.05, 3.63) is 12.1 Å². The van der Waals surface area contributed by atoms with Crippen molar-refractivity contribution in [2.24, 2.45) is 5.41 Å². The molecule has 0 radical (unpaired) electrons. The molecule has 11 N–H and O–H groups in total. The van der Waals surface area contributed by atoms with Gasteiger partial charge in [-0.3, -0.25) is 14.4 Å². The van der Waals surface area contributed by atoms with E-state index >= 15 is 0 Å². The van der Waals surface area contributed by atoms with Gasteiger partial charge in [0.2, 0.25) is 29.5 Å². The first-order valence-corrected chi connectivity index (χ1v) is 18.8. The van der Waals surface area contributed by atoms with Gasteiger partial charge in [0.05, 0.1) is 25.4 Å². The van der Waals surface area contributed by atoms with Gasteiger partial charge < -0.3 is 80.5 Å². The van der Waals surface area contributed by atoms with Crippen LogP contribution in [-0.2, 0) is 33.4 Å². The molecule has 3 rings (SSSR count). The Morgan fingerprint density at radius 2 is 1.43 bits per heavy atom. The van der Waals surface area contributed by atoms with Crippen LogP contribution in [0.15, 0.2) is 12.1 Å². The molecule has 3 heterocycles. The number of piperidine rings is 1. The molecule has 0 bridgehead atoms. The molecule has 0 saturated carbocycles. The number of aromatic nitrogens is 1. The highest BCUT2D eigenvalue weighted by Crippen LogP contribution is 2.39. The van der Waals surface area contributed by atoms with E-state index in [0.717, 1.165) is 12.1 Å². The Bertz CT molecular complexity index is 1390. The summed E-state index contributed by atoms with van der Waals surface area (Å²) in [6, 6.07) is 2.30. The third-order valence-electron chi connectivity index (χ3n) is 9.94. The number of nitrogens with zero attached hydrogens (tertiary/aromatic N) is 2. The van der Waals surface area contributed by atoms with Gasteiger partial charge in [0, 0.05) is 64.0 Å². The molecule has 0 aromatic carbocycles. The van der Waals surface area contributed by atoms with Gasteiger partial charge in [-0.2, -0.15) is 0 Å². The predicted octanol–water partition coefficient (Wildman–Crippen LogP) is -3.29. The van der Waals surface area contributed by atoms with E-state index in [1.54, 1.807) is 11.8 Å². The maximum Gasteiger partial charge on any atom is 0.333 e. The van der Waals surface area contributed by atoms with Gasteiger partial charge >= 0.3 is 5.97 Å². The fourth-order valence-electron chi connectivity index (χ4n) is 6.42. The van der Waals surface area contributed by atoms with Crippen molar-refractivity contribution in [2.75, 3.05) is 39.4 Å². The van der Waals surface area contributed by atoms with Gasteiger partial charge in [0.1, 0.15) is 30.5 Å². The maximum atomic E-state index is 13.2. The lowest BCUT2D eigenvalue weighted by molar-refractivity contribution is -0.292. The molecule has 1 aromatic heterocycles. The SMILES string of the molecule is CCC(O)C(O)C(O)C(O)OCCNC(=O)CC1(CC(=O)NCCOC2OC(C)C(O)C(O)C2O)CCN(C(=O)CCCCC(=O)On2c(O)ccc2O)CC1. The second-order valence-corrected chi connectivity index (χ2v) is 14.2. The minimum atomic E-state index is -1.83. The quantitative estimate of drug-likeness (QED) is 0.0404. The Kier molecular flexibility index (Phi) is 18.6. The summed E-state index contributed by atoms with van der Waals surface area (Å²) in [5.74, 6) is -2.68. The van der Waals surface area contributed by atoms with E-state index in [9.17, 15) is 65.1 Å². The van der Waals surface area contributed by atoms with Crippen molar-refractivity contribution in [2.45, 2.75) is 127 Å². The summed E-state index contributed by atoms with van der Waals surface area (Å²) in [5, 5.41) is 94.2. The highest BCUT2D eigenvalue weighted by Gasteiger charge is 2.43. The van der Waals surface area contributed by atoms with Gasteiger partial charge in [-0.1, -0.05) is 6.92 Å². The van der Waals surface area contributed by atoms with Gasteiger partial charge in [-0.05, 0) is 44.4 Å². The second-order valence-electron chi connectivity index (χ2n) is 14.2. The summed E-state index contributed by atoms with van der Waals surface area (Å²) < 4.78 is 16.5. The maximum absolute atomic E-state index is 13.2. The van der Waals surface area contributed by atoms with Gasteiger partial charge in [0.25, 0.3) is 0 Å². The predicted molar refractivity (Wildman–Crippen MR) is 190 cm³/mol. The van der Waals surface area contributed by atoms with Crippen LogP contribution >= 0.6 is 0 Å². The Balaban J connectivity index is 1.50. The summed E-state index contributed by atoms with van der Waals surface area (Å²) in [5.41, 5.74) is -0.875. The van der Waals surface area contributed by atoms with E-state index in [4.69, 9.17) is 19.0 Å². The lowest BCUT2D eigenvalue weighted by atomic mass is 9.72. The van der Waals surface area contributed by atoms with Crippen LogP contribution in [0.1, 0.15) is 71.6 Å². The van der Waals surface area contributed by atoms with Crippen LogP contribution in [0.2, 0.25) is 0 Å². The number of hydrogen-bond acceptors (Lipinski definition) is 17. The summed E-state index contributed by atoms with van der Waals surface area (Å²) in [4.78, 5) is 57.9. The van der Waals surface area contributed by atoms with E-state index < -0.39 is 90.3 Å². The van der Waals surface area contributed by atoms with Gasteiger partial charge in [-0.25, -0.2) is 4.79 Å². The molecule has 3 amide bonds. The number of aromatic hydroxyl groups is 2. The molecule has 2 fully saturated rings. The molecule has 0 aliphatic carbocycles. The smallest absolute Gasteiger partial charge is 0.333 e. The zero-order valence-corrected chi connectivity index (χ0v) is 31.6. The molecular weight excluding hydrogens is 748 g/mol. The van der Waals surface area contributed by atoms with Crippen molar-refractivity contribution in [1.82, 2.24) is 20.3 Å². The number of ether oxygens (including phenoxy) is 3. The Hall–Kier alpha value is -3.64. The average molecular weight is 807 g/mol. The number of carbonyl (C=O) groups excluding carboxylic acids is 4. The topological polar surface area (TPSA) is 320 Å².